The summed E-state index contributed by atoms with van der Waals surface area (Å²) in [4.78, 5) is 28.1. The van der Waals surface area contributed by atoms with E-state index in [2.05, 4.69) is 15.5 Å². The SMILES string of the molecule is O=C(NC(Cc1ccccc1)c1nc(-c2cccc([N+](=O)[O-])c2)no1)c1cccs1. The number of thiophene rings is 1. The number of nitrogens with zero attached hydrogens (tertiary/aromatic N) is 3. The van der Waals surface area contributed by atoms with Crippen molar-refractivity contribution in [3.63, 3.8) is 0 Å². The van der Waals surface area contributed by atoms with Gasteiger partial charge >= 0.3 is 0 Å². The third-order valence-corrected chi connectivity index (χ3v) is 5.26. The number of carbonyl (C=O) groups excluding carboxylic acids is 1. The summed E-state index contributed by atoms with van der Waals surface area (Å²) in [6.45, 7) is 0. The molecular weight excluding hydrogens is 404 g/mol. The Labute approximate surface area is 175 Å². The lowest BCUT2D eigenvalue weighted by Gasteiger charge is -2.14. The lowest BCUT2D eigenvalue weighted by molar-refractivity contribution is -0.384. The van der Waals surface area contributed by atoms with E-state index in [1.54, 1.807) is 24.3 Å². The lowest BCUT2D eigenvalue weighted by atomic mass is 10.1. The van der Waals surface area contributed by atoms with Crippen LogP contribution in [0, 0.1) is 10.1 Å². The molecule has 0 saturated carbocycles. The zero-order chi connectivity index (χ0) is 20.9. The maximum Gasteiger partial charge on any atom is 0.270 e. The van der Waals surface area contributed by atoms with Crippen molar-refractivity contribution in [1.82, 2.24) is 15.5 Å². The van der Waals surface area contributed by atoms with Gasteiger partial charge in [0.25, 0.3) is 11.6 Å². The molecule has 1 atom stereocenters. The van der Waals surface area contributed by atoms with Crippen LogP contribution in [0.4, 0.5) is 5.69 Å². The standard InChI is InChI=1S/C21H16N4O4S/c26-20(18-10-5-11-30-18)22-17(12-14-6-2-1-3-7-14)21-23-19(24-29-21)15-8-4-9-16(13-15)25(27)28/h1-11,13,17H,12H2,(H,22,26). The molecule has 0 fully saturated rings. The van der Waals surface area contributed by atoms with Gasteiger partial charge < -0.3 is 9.84 Å². The number of rotatable bonds is 7. The van der Waals surface area contributed by atoms with Gasteiger partial charge in [-0.2, -0.15) is 4.98 Å². The van der Waals surface area contributed by atoms with Crippen molar-refractivity contribution >= 4 is 22.9 Å². The van der Waals surface area contributed by atoms with Crippen LogP contribution in [0.5, 0.6) is 0 Å². The molecule has 9 heteroatoms. The number of nitro benzene ring substituents is 1. The molecule has 1 amide bonds. The average Bonchev–Trinajstić information content (AvgIpc) is 3.46. The van der Waals surface area contributed by atoms with Crippen LogP contribution in [-0.2, 0) is 6.42 Å². The van der Waals surface area contributed by atoms with E-state index in [1.807, 2.05) is 35.7 Å². The van der Waals surface area contributed by atoms with E-state index in [0.29, 0.717) is 16.9 Å². The Kier molecular flexibility index (Phi) is 5.62. The number of benzene rings is 2. The summed E-state index contributed by atoms with van der Waals surface area (Å²) in [5.74, 6) is 0.212. The summed E-state index contributed by atoms with van der Waals surface area (Å²) in [6, 6.07) is 18.6. The number of hydrogen-bond acceptors (Lipinski definition) is 7. The number of carbonyl (C=O) groups is 1. The third kappa shape index (κ3) is 4.41. The predicted octanol–water partition coefficient (Wildman–Crippen LogP) is 4.42. The minimum atomic E-state index is -0.554. The summed E-state index contributed by atoms with van der Waals surface area (Å²) >= 11 is 1.34. The van der Waals surface area contributed by atoms with Gasteiger partial charge in [0.2, 0.25) is 11.7 Å². The van der Waals surface area contributed by atoms with Gasteiger partial charge in [-0.1, -0.05) is 53.7 Å². The maximum absolute atomic E-state index is 12.6. The Morgan fingerprint density at radius 1 is 1.13 bits per heavy atom. The molecule has 0 spiro atoms. The van der Waals surface area contributed by atoms with Crippen molar-refractivity contribution < 1.29 is 14.2 Å². The van der Waals surface area contributed by atoms with E-state index in [9.17, 15) is 14.9 Å². The number of aromatic nitrogens is 2. The van der Waals surface area contributed by atoms with Gasteiger partial charge in [-0.15, -0.1) is 11.3 Å². The van der Waals surface area contributed by atoms with Crippen molar-refractivity contribution in [2.24, 2.45) is 0 Å². The Bertz CT molecular complexity index is 1160. The molecule has 4 rings (SSSR count). The number of hydrogen-bond donors (Lipinski definition) is 1. The molecule has 150 valence electrons. The van der Waals surface area contributed by atoms with Gasteiger partial charge in [-0.05, 0) is 17.0 Å². The average molecular weight is 420 g/mol. The molecule has 0 radical (unpaired) electrons. The van der Waals surface area contributed by atoms with E-state index >= 15 is 0 Å². The van der Waals surface area contributed by atoms with Crippen LogP contribution in [0.2, 0.25) is 0 Å². The number of nitro groups is 1. The molecule has 0 bridgehead atoms. The predicted molar refractivity (Wildman–Crippen MR) is 111 cm³/mol. The highest BCUT2D eigenvalue weighted by Gasteiger charge is 2.23. The van der Waals surface area contributed by atoms with E-state index in [0.717, 1.165) is 5.56 Å². The van der Waals surface area contributed by atoms with Crippen LogP contribution in [0.25, 0.3) is 11.4 Å². The van der Waals surface area contributed by atoms with Crippen LogP contribution < -0.4 is 5.32 Å². The zero-order valence-electron chi connectivity index (χ0n) is 15.6. The number of amides is 1. The first-order valence-corrected chi connectivity index (χ1v) is 9.95. The molecule has 8 nitrogen and oxygen atoms in total. The Balaban J connectivity index is 1.62. The molecule has 0 aliphatic carbocycles. The van der Waals surface area contributed by atoms with E-state index in [1.165, 1.54) is 23.5 Å². The highest BCUT2D eigenvalue weighted by Crippen LogP contribution is 2.25. The monoisotopic (exact) mass is 420 g/mol. The molecule has 4 aromatic rings. The maximum atomic E-state index is 12.6. The normalized spacial score (nSPS) is 11.7. The summed E-state index contributed by atoms with van der Waals surface area (Å²) in [6.07, 6.45) is 0.453. The first kappa shape index (κ1) is 19.5. The lowest BCUT2D eigenvalue weighted by Crippen LogP contribution is -2.29. The van der Waals surface area contributed by atoms with Gasteiger partial charge in [0, 0.05) is 24.1 Å². The molecule has 0 saturated heterocycles. The van der Waals surface area contributed by atoms with Gasteiger partial charge in [-0.25, -0.2) is 0 Å². The van der Waals surface area contributed by atoms with Crippen molar-refractivity contribution in [3.05, 3.63) is 98.6 Å². The zero-order valence-corrected chi connectivity index (χ0v) is 16.4. The van der Waals surface area contributed by atoms with Crippen molar-refractivity contribution in [3.8, 4) is 11.4 Å². The van der Waals surface area contributed by atoms with Crippen LogP contribution in [0.1, 0.15) is 27.2 Å². The number of non-ortho nitro benzene ring substituents is 1. The Hall–Kier alpha value is -3.85. The highest BCUT2D eigenvalue weighted by molar-refractivity contribution is 7.12. The molecule has 2 heterocycles. The molecular formula is C21H16N4O4S. The molecule has 0 aliphatic heterocycles. The second kappa shape index (κ2) is 8.66. The van der Waals surface area contributed by atoms with Crippen LogP contribution in [0.3, 0.4) is 0 Å². The molecule has 30 heavy (non-hydrogen) atoms. The van der Waals surface area contributed by atoms with Crippen LogP contribution in [0.15, 0.2) is 76.6 Å². The van der Waals surface area contributed by atoms with Crippen molar-refractivity contribution in [2.45, 2.75) is 12.5 Å². The van der Waals surface area contributed by atoms with Crippen molar-refractivity contribution in [2.75, 3.05) is 0 Å². The van der Waals surface area contributed by atoms with Gasteiger partial charge in [0.1, 0.15) is 6.04 Å². The quantitative estimate of drug-likeness (QED) is 0.350. The second-order valence-corrected chi connectivity index (χ2v) is 7.40. The highest BCUT2D eigenvalue weighted by atomic mass is 32.1. The Morgan fingerprint density at radius 3 is 2.70 bits per heavy atom. The Morgan fingerprint density at radius 2 is 1.97 bits per heavy atom. The fourth-order valence-corrected chi connectivity index (χ4v) is 3.57. The second-order valence-electron chi connectivity index (χ2n) is 6.46. The fourth-order valence-electron chi connectivity index (χ4n) is 2.94. The molecule has 2 aromatic heterocycles. The van der Waals surface area contributed by atoms with Crippen LogP contribution >= 0.6 is 11.3 Å². The van der Waals surface area contributed by atoms with E-state index in [-0.39, 0.29) is 23.3 Å². The minimum Gasteiger partial charge on any atom is -0.339 e. The minimum absolute atomic E-state index is 0.0642. The smallest absolute Gasteiger partial charge is 0.270 e. The first-order chi connectivity index (χ1) is 14.6. The molecule has 2 aromatic carbocycles. The molecule has 1 N–H and O–H groups in total. The summed E-state index contributed by atoms with van der Waals surface area (Å²) in [7, 11) is 0. The summed E-state index contributed by atoms with van der Waals surface area (Å²) in [5, 5.41) is 19.8. The molecule has 0 aliphatic rings. The van der Waals surface area contributed by atoms with Crippen LogP contribution in [-0.4, -0.2) is 21.0 Å². The first-order valence-electron chi connectivity index (χ1n) is 9.07. The fraction of sp³-hybridized carbons (Fsp3) is 0.0952. The van der Waals surface area contributed by atoms with Crippen molar-refractivity contribution in [1.29, 1.82) is 0 Å². The third-order valence-electron chi connectivity index (χ3n) is 4.39. The van der Waals surface area contributed by atoms with Gasteiger partial charge in [-0.3, -0.25) is 14.9 Å². The van der Waals surface area contributed by atoms with Gasteiger partial charge in [0.15, 0.2) is 0 Å². The topological polar surface area (TPSA) is 111 Å². The largest absolute Gasteiger partial charge is 0.339 e. The van der Waals surface area contributed by atoms with E-state index in [4.69, 9.17) is 4.52 Å². The summed E-state index contributed by atoms with van der Waals surface area (Å²) < 4.78 is 5.43. The van der Waals surface area contributed by atoms with E-state index < -0.39 is 11.0 Å². The summed E-state index contributed by atoms with van der Waals surface area (Å²) in [5.41, 5.74) is 1.39. The van der Waals surface area contributed by atoms with Gasteiger partial charge in [0.05, 0.1) is 9.80 Å². The molecule has 1 unspecified atom stereocenters. The number of nitrogens with one attached hydrogen (secondary N) is 1.